The summed E-state index contributed by atoms with van der Waals surface area (Å²) in [6, 6.07) is 3.05. The largest absolute Gasteiger partial charge is 0.507 e. The van der Waals surface area contributed by atoms with Crippen LogP contribution in [0.4, 0.5) is 26.3 Å². The number of aliphatic imine (C=N–C) groups is 1. The highest BCUT2D eigenvalue weighted by Gasteiger charge is 2.40. The fraction of sp³-hybridized carbons (Fsp3) is 0.683. The van der Waals surface area contributed by atoms with Crippen LogP contribution in [0.5, 0.6) is 5.75 Å². The van der Waals surface area contributed by atoms with Gasteiger partial charge in [-0.15, -0.1) is 0 Å². The molecule has 1 atom stereocenters. The summed E-state index contributed by atoms with van der Waals surface area (Å²) in [5.74, 6) is -5.36. The molecule has 0 bridgehead atoms. The SMILES string of the molecule is CN=CCCOP(OCCCCCCNC(=O)CCc1cc2c(C)cc(=O)oc2c(P(=O)(OCCCCNC(=O)C(F)(F)F)OCCCCNC(=O)C(F)(F)F)c1O)N(C(C)C)C(C)C. The monoisotopic (exact) mass is 977 g/mol. The number of fused-ring (bicyclic) bond motifs is 1. The molecule has 0 spiro atoms. The first-order valence-corrected chi connectivity index (χ1v) is 24.1. The molecule has 2 rings (SSSR count). The van der Waals surface area contributed by atoms with Crippen molar-refractivity contribution < 1.29 is 72.9 Å². The normalized spacial score (nSPS) is 13.1. The van der Waals surface area contributed by atoms with Gasteiger partial charge >= 0.3 is 37.4 Å². The molecule has 0 aliphatic heterocycles. The molecule has 16 nitrogen and oxygen atoms in total. The smallest absolute Gasteiger partial charge is 0.471 e. The van der Waals surface area contributed by atoms with Gasteiger partial charge in [-0.3, -0.25) is 18.9 Å². The number of carbonyl (C=O) groups is 3. The Kier molecular flexibility index (Phi) is 25.2. The number of benzene rings is 1. The van der Waals surface area contributed by atoms with Crippen molar-refractivity contribution in [2.45, 2.75) is 130 Å². The van der Waals surface area contributed by atoms with Gasteiger partial charge < -0.3 is 48.6 Å². The molecule has 0 radical (unpaired) electrons. The van der Waals surface area contributed by atoms with E-state index >= 15 is 0 Å². The van der Waals surface area contributed by atoms with E-state index in [4.69, 9.17) is 22.5 Å². The number of nitrogens with one attached hydrogen (secondary N) is 3. The van der Waals surface area contributed by atoms with Crippen LogP contribution in [-0.2, 0) is 43.5 Å². The third kappa shape index (κ3) is 20.4. The summed E-state index contributed by atoms with van der Waals surface area (Å²) in [7, 11) is -4.30. The lowest BCUT2D eigenvalue weighted by atomic mass is 10.0. The lowest BCUT2D eigenvalue weighted by Crippen LogP contribution is -2.37. The first-order valence-electron chi connectivity index (χ1n) is 21.4. The molecule has 3 amide bonds. The minimum absolute atomic E-state index is 0.0760. The second kappa shape index (κ2) is 28.5. The molecule has 0 aliphatic carbocycles. The van der Waals surface area contributed by atoms with Crippen LogP contribution in [0.15, 0.2) is 26.3 Å². The number of aromatic hydroxyl groups is 1. The average molecular weight is 978 g/mol. The number of phenolic OH excluding ortho intramolecular Hbond substituents is 1. The number of nitrogens with zero attached hydrogens (tertiary/aromatic N) is 2. The minimum Gasteiger partial charge on any atom is -0.507 e. The topological polar surface area (TPSA) is 207 Å². The van der Waals surface area contributed by atoms with Gasteiger partial charge in [0.2, 0.25) is 5.91 Å². The predicted molar refractivity (Wildman–Crippen MR) is 234 cm³/mol. The van der Waals surface area contributed by atoms with E-state index in [1.807, 2.05) is 0 Å². The summed E-state index contributed by atoms with van der Waals surface area (Å²) in [6.45, 7) is 9.55. The number of hydrogen-bond donors (Lipinski definition) is 4. The lowest BCUT2D eigenvalue weighted by molar-refractivity contribution is -0.173. The summed E-state index contributed by atoms with van der Waals surface area (Å²) in [4.78, 5) is 51.8. The molecule has 24 heteroatoms. The first kappa shape index (κ1) is 57.5. The number of alkyl halides is 6. The number of unbranched alkanes of at least 4 members (excludes halogenated alkanes) is 5. The predicted octanol–water partition coefficient (Wildman–Crippen LogP) is 7.65. The summed E-state index contributed by atoms with van der Waals surface area (Å²) in [6.07, 6.45) is -5.12. The maximum Gasteiger partial charge on any atom is 0.471 e. The Bertz CT molecular complexity index is 1900. The highest BCUT2D eigenvalue weighted by atomic mass is 31.2. The third-order valence-corrected chi connectivity index (χ3v) is 13.5. The van der Waals surface area contributed by atoms with Crippen molar-refractivity contribution >= 4 is 56.3 Å². The third-order valence-electron chi connectivity index (χ3n) is 9.39. The molecule has 0 saturated heterocycles. The van der Waals surface area contributed by atoms with Crippen molar-refractivity contribution in [3.8, 4) is 5.75 Å². The van der Waals surface area contributed by atoms with Crippen LogP contribution in [0.2, 0.25) is 0 Å². The Morgan fingerprint density at radius 1 is 0.815 bits per heavy atom. The van der Waals surface area contributed by atoms with E-state index in [-0.39, 0.29) is 73.0 Å². The van der Waals surface area contributed by atoms with E-state index in [0.29, 0.717) is 38.2 Å². The number of carbonyl (C=O) groups excluding carboxylic acids is 3. The van der Waals surface area contributed by atoms with Crippen molar-refractivity contribution in [2.24, 2.45) is 4.99 Å². The minimum atomic E-state index is -5.10. The summed E-state index contributed by atoms with van der Waals surface area (Å²) in [5, 5.41) is 17.5. The Balaban J connectivity index is 2.14. The zero-order chi connectivity index (χ0) is 48.8. The molecule has 1 aromatic carbocycles. The first-order chi connectivity index (χ1) is 30.5. The molecule has 370 valence electrons. The maximum atomic E-state index is 14.7. The van der Waals surface area contributed by atoms with Gasteiger partial charge in [-0.05, 0) is 96.8 Å². The van der Waals surface area contributed by atoms with Crippen LogP contribution >= 0.6 is 16.1 Å². The fourth-order valence-electron chi connectivity index (χ4n) is 6.26. The van der Waals surface area contributed by atoms with E-state index in [0.717, 1.165) is 25.3 Å². The van der Waals surface area contributed by atoms with Crippen molar-refractivity contribution in [2.75, 3.05) is 53.1 Å². The second-order valence-corrected chi connectivity index (χ2v) is 18.8. The van der Waals surface area contributed by atoms with Gasteiger partial charge in [0.05, 0.1) is 26.4 Å². The van der Waals surface area contributed by atoms with Gasteiger partial charge in [-0.2, -0.15) is 26.3 Å². The molecule has 0 fully saturated rings. The highest BCUT2D eigenvalue weighted by molar-refractivity contribution is 7.63. The van der Waals surface area contributed by atoms with Crippen LogP contribution < -0.4 is 26.9 Å². The van der Waals surface area contributed by atoms with Crippen LogP contribution in [0, 0.1) is 6.92 Å². The standard InChI is InChI=1S/C41H63F6N5O11P2/c1-28(2)52(29(3)4)64(60-23-15-18-48-6)59-22-12-8-7-9-19-49-33(53)17-16-31-27-32-30(5)26-34(54)63-36(32)37(35(31)55)65(58,61-24-13-10-20-50-38(56)40(42,43)44)62-25-14-11-21-51-39(57)41(45,46)47/h18,26-29,55H,7-17,19-25H2,1-6H3,(H,49,53)(H,50,56)(H,51,57). The molecular formula is C41H63F6N5O11P2. The quantitative estimate of drug-likeness (QED) is 0.0189. The van der Waals surface area contributed by atoms with Gasteiger partial charge in [0, 0.05) is 69.3 Å². The van der Waals surface area contributed by atoms with Crippen molar-refractivity contribution in [1.29, 1.82) is 0 Å². The molecule has 4 N–H and O–H groups in total. The molecule has 1 heterocycles. The molecular weight excluding hydrogens is 914 g/mol. The average Bonchev–Trinajstić information content (AvgIpc) is 3.20. The number of phenols is 1. The zero-order valence-corrected chi connectivity index (χ0v) is 39.5. The molecule has 65 heavy (non-hydrogen) atoms. The number of amides is 3. The summed E-state index contributed by atoms with van der Waals surface area (Å²) < 4.78 is 121. The molecule has 2 aromatic rings. The number of rotatable bonds is 31. The lowest BCUT2D eigenvalue weighted by Gasteiger charge is -2.35. The maximum absolute atomic E-state index is 14.7. The number of halogens is 6. The van der Waals surface area contributed by atoms with Gasteiger partial charge in [-0.25, -0.2) is 9.46 Å². The van der Waals surface area contributed by atoms with Crippen LogP contribution in [-0.4, -0.2) is 111 Å². The Morgan fingerprint density at radius 3 is 1.86 bits per heavy atom. The number of hydrogen-bond acceptors (Lipinski definition) is 13. The molecule has 1 unspecified atom stereocenters. The van der Waals surface area contributed by atoms with Crippen LogP contribution in [0.1, 0.15) is 103 Å². The van der Waals surface area contributed by atoms with E-state index < -0.39 is 83.3 Å². The van der Waals surface area contributed by atoms with Gasteiger partial charge in [0.15, 0.2) is 5.58 Å². The molecule has 1 aromatic heterocycles. The van der Waals surface area contributed by atoms with Crippen molar-refractivity contribution in [3.63, 3.8) is 0 Å². The van der Waals surface area contributed by atoms with Crippen LogP contribution in [0.25, 0.3) is 11.0 Å². The van der Waals surface area contributed by atoms with Crippen molar-refractivity contribution in [1.82, 2.24) is 20.6 Å². The van der Waals surface area contributed by atoms with E-state index in [1.54, 1.807) is 30.8 Å². The van der Waals surface area contributed by atoms with Gasteiger partial charge in [0.1, 0.15) is 11.1 Å². The summed E-state index contributed by atoms with van der Waals surface area (Å²) in [5.41, 5.74) is -0.816. The van der Waals surface area contributed by atoms with Crippen LogP contribution in [0.3, 0.4) is 0 Å². The highest BCUT2D eigenvalue weighted by Crippen LogP contribution is 2.52. The van der Waals surface area contributed by atoms with Crippen molar-refractivity contribution in [3.05, 3.63) is 33.7 Å². The zero-order valence-electron chi connectivity index (χ0n) is 37.7. The molecule has 0 aliphatic rings. The van der Waals surface area contributed by atoms with Gasteiger partial charge in [-0.1, -0.05) is 12.8 Å². The Labute approximate surface area is 376 Å². The number of aryl methyl sites for hydroxylation is 2. The summed E-state index contributed by atoms with van der Waals surface area (Å²) >= 11 is 0. The Morgan fingerprint density at radius 2 is 1.32 bits per heavy atom. The second-order valence-electron chi connectivity index (χ2n) is 15.4. The Hall–Kier alpha value is -3.65. The van der Waals surface area contributed by atoms with Gasteiger partial charge in [0.25, 0.3) is 8.53 Å². The fourth-order valence-corrected chi connectivity index (χ4v) is 9.79. The van der Waals surface area contributed by atoms with E-state index in [1.165, 1.54) is 6.07 Å². The van der Waals surface area contributed by atoms with E-state index in [2.05, 4.69) is 42.7 Å². The van der Waals surface area contributed by atoms with E-state index in [9.17, 15) is 55.2 Å². The molecule has 0 saturated carbocycles.